The highest BCUT2D eigenvalue weighted by Crippen LogP contribution is 2.28. The molecule has 0 unspecified atom stereocenters. The van der Waals surface area contributed by atoms with E-state index in [0.29, 0.717) is 17.3 Å². The van der Waals surface area contributed by atoms with Crippen LogP contribution in [0.4, 0.5) is 0 Å². The van der Waals surface area contributed by atoms with Crippen LogP contribution in [0.15, 0.2) is 39.1 Å². The van der Waals surface area contributed by atoms with E-state index in [1.54, 1.807) is 10.6 Å². The highest BCUT2D eigenvalue weighted by atomic mass is 32.2. The van der Waals surface area contributed by atoms with Crippen LogP contribution < -0.4 is 5.69 Å². The Morgan fingerprint density at radius 1 is 1.42 bits per heavy atom. The van der Waals surface area contributed by atoms with Gasteiger partial charge in [-0.15, -0.1) is 5.10 Å². The molecule has 2 aromatic rings. The van der Waals surface area contributed by atoms with Crippen molar-refractivity contribution in [3.63, 3.8) is 0 Å². The molecule has 0 amide bonds. The number of ketones is 1. The Labute approximate surface area is 115 Å². The van der Waals surface area contributed by atoms with Gasteiger partial charge in [0.05, 0.1) is 0 Å². The number of nitrogens with one attached hydrogen (secondary N) is 1. The van der Waals surface area contributed by atoms with Crippen molar-refractivity contribution in [1.29, 1.82) is 0 Å². The molecule has 1 aromatic heterocycles. The van der Waals surface area contributed by atoms with E-state index in [1.165, 1.54) is 18.7 Å². The van der Waals surface area contributed by atoms with Crippen molar-refractivity contribution in [3.05, 3.63) is 40.3 Å². The van der Waals surface area contributed by atoms with Gasteiger partial charge >= 0.3 is 5.69 Å². The number of carbonyl (C=O) groups is 1. The van der Waals surface area contributed by atoms with E-state index < -0.39 is 0 Å². The van der Waals surface area contributed by atoms with Crippen LogP contribution in [-0.4, -0.2) is 20.5 Å². The number of Topliss-reactive ketones (excluding diaryl/α,β-unsaturated/α-hetero) is 1. The lowest BCUT2D eigenvalue weighted by molar-refractivity contribution is 0.101. The summed E-state index contributed by atoms with van der Waals surface area (Å²) in [6.45, 7) is 4.14. The van der Waals surface area contributed by atoms with E-state index in [-0.39, 0.29) is 11.5 Å². The number of aromatic nitrogens is 3. The average Bonchev–Trinajstić information content (AvgIpc) is 2.72. The summed E-state index contributed by atoms with van der Waals surface area (Å²) in [5, 5.41) is 7.03. The molecule has 6 heteroatoms. The molecule has 1 aromatic carbocycles. The van der Waals surface area contributed by atoms with Gasteiger partial charge in [0.1, 0.15) is 0 Å². The highest BCUT2D eigenvalue weighted by Gasteiger charge is 2.13. The first kappa shape index (κ1) is 13.6. The Morgan fingerprint density at radius 2 is 2.16 bits per heavy atom. The number of hydrogen-bond donors (Lipinski definition) is 1. The van der Waals surface area contributed by atoms with Gasteiger partial charge in [0.15, 0.2) is 10.9 Å². The molecular weight excluding hydrogens is 262 g/mol. The van der Waals surface area contributed by atoms with Gasteiger partial charge < -0.3 is 0 Å². The maximum absolute atomic E-state index is 11.6. The SMILES string of the molecule is CCCn1c(Sc2ccccc2C(C)=O)n[nH]c1=O. The highest BCUT2D eigenvalue weighted by molar-refractivity contribution is 7.99. The van der Waals surface area contributed by atoms with Crippen molar-refractivity contribution in [1.82, 2.24) is 14.8 Å². The predicted octanol–water partition coefficient (Wildman–Crippen LogP) is 2.34. The second kappa shape index (κ2) is 5.88. The summed E-state index contributed by atoms with van der Waals surface area (Å²) in [5.74, 6) is 0.00280. The number of aromatic amines is 1. The van der Waals surface area contributed by atoms with Gasteiger partial charge in [-0.3, -0.25) is 9.36 Å². The fraction of sp³-hybridized carbons (Fsp3) is 0.308. The summed E-state index contributed by atoms with van der Waals surface area (Å²) in [7, 11) is 0. The molecule has 0 saturated heterocycles. The zero-order valence-corrected chi connectivity index (χ0v) is 11.7. The minimum atomic E-state index is -0.218. The summed E-state index contributed by atoms with van der Waals surface area (Å²) in [5.41, 5.74) is 0.427. The summed E-state index contributed by atoms with van der Waals surface area (Å²) in [6.07, 6.45) is 0.849. The quantitative estimate of drug-likeness (QED) is 0.852. The molecule has 2 rings (SSSR count). The second-order valence-corrected chi connectivity index (χ2v) is 5.13. The Balaban J connectivity index is 2.37. The van der Waals surface area contributed by atoms with E-state index in [9.17, 15) is 9.59 Å². The van der Waals surface area contributed by atoms with Crippen LogP contribution in [0.1, 0.15) is 30.6 Å². The zero-order valence-electron chi connectivity index (χ0n) is 10.8. The van der Waals surface area contributed by atoms with E-state index >= 15 is 0 Å². The summed E-state index contributed by atoms with van der Waals surface area (Å²) in [6, 6.07) is 7.32. The summed E-state index contributed by atoms with van der Waals surface area (Å²) >= 11 is 1.33. The second-order valence-electron chi connectivity index (χ2n) is 4.12. The van der Waals surface area contributed by atoms with E-state index in [2.05, 4.69) is 10.2 Å². The number of hydrogen-bond acceptors (Lipinski definition) is 4. The van der Waals surface area contributed by atoms with Crippen LogP contribution in [0.3, 0.4) is 0 Å². The maximum atomic E-state index is 11.6. The number of H-pyrrole nitrogens is 1. The lowest BCUT2D eigenvalue weighted by atomic mass is 10.1. The molecular formula is C13H15N3O2S. The molecule has 0 fully saturated rings. The average molecular weight is 277 g/mol. The molecule has 0 radical (unpaired) electrons. The number of nitrogens with zero attached hydrogens (tertiary/aromatic N) is 2. The van der Waals surface area contributed by atoms with Gasteiger partial charge in [-0.1, -0.05) is 25.1 Å². The first-order valence-electron chi connectivity index (χ1n) is 6.06. The third-order valence-electron chi connectivity index (χ3n) is 2.64. The van der Waals surface area contributed by atoms with Gasteiger partial charge in [0.25, 0.3) is 0 Å². The smallest absolute Gasteiger partial charge is 0.294 e. The fourth-order valence-electron chi connectivity index (χ4n) is 1.75. The minimum absolute atomic E-state index is 0.00280. The van der Waals surface area contributed by atoms with Crippen LogP contribution >= 0.6 is 11.8 Å². The molecule has 0 saturated carbocycles. The minimum Gasteiger partial charge on any atom is -0.294 e. The van der Waals surface area contributed by atoms with Crippen LogP contribution in [-0.2, 0) is 6.54 Å². The van der Waals surface area contributed by atoms with Crippen molar-refractivity contribution >= 4 is 17.5 Å². The lowest BCUT2D eigenvalue weighted by Gasteiger charge is -2.06. The topological polar surface area (TPSA) is 67.8 Å². The largest absolute Gasteiger partial charge is 0.343 e. The van der Waals surface area contributed by atoms with Crippen molar-refractivity contribution in [2.45, 2.75) is 36.9 Å². The normalized spacial score (nSPS) is 10.6. The van der Waals surface area contributed by atoms with E-state index in [0.717, 1.165) is 11.3 Å². The third-order valence-corrected chi connectivity index (χ3v) is 3.71. The van der Waals surface area contributed by atoms with Gasteiger partial charge in [0.2, 0.25) is 0 Å². The molecule has 5 nitrogen and oxygen atoms in total. The van der Waals surface area contributed by atoms with Gasteiger partial charge in [-0.05, 0) is 31.2 Å². The van der Waals surface area contributed by atoms with E-state index in [1.807, 2.05) is 25.1 Å². The molecule has 0 atom stereocenters. The molecule has 0 aliphatic carbocycles. The first-order chi connectivity index (χ1) is 9.13. The molecule has 100 valence electrons. The summed E-state index contributed by atoms with van der Waals surface area (Å²) in [4.78, 5) is 24.0. The fourth-order valence-corrected chi connectivity index (χ4v) is 2.79. The number of rotatable bonds is 5. The zero-order chi connectivity index (χ0) is 13.8. The van der Waals surface area contributed by atoms with E-state index in [4.69, 9.17) is 0 Å². The molecule has 0 bridgehead atoms. The van der Waals surface area contributed by atoms with Crippen molar-refractivity contribution in [2.75, 3.05) is 0 Å². The molecule has 0 aliphatic rings. The Morgan fingerprint density at radius 3 is 2.84 bits per heavy atom. The maximum Gasteiger partial charge on any atom is 0.343 e. The monoisotopic (exact) mass is 277 g/mol. The molecule has 0 aliphatic heterocycles. The van der Waals surface area contributed by atoms with Gasteiger partial charge in [-0.2, -0.15) is 0 Å². The van der Waals surface area contributed by atoms with Crippen LogP contribution in [0.5, 0.6) is 0 Å². The van der Waals surface area contributed by atoms with Gasteiger partial charge in [0, 0.05) is 17.0 Å². The van der Waals surface area contributed by atoms with Crippen molar-refractivity contribution < 1.29 is 4.79 Å². The Hall–Kier alpha value is -1.82. The summed E-state index contributed by atoms with van der Waals surface area (Å²) < 4.78 is 1.58. The standard InChI is InChI=1S/C13H15N3O2S/c1-3-8-16-12(18)14-15-13(16)19-11-7-5-4-6-10(11)9(2)17/h4-7H,3,8H2,1-2H3,(H,14,18). The first-order valence-corrected chi connectivity index (χ1v) is 6.88. The van der Waals surface area contributed by atoms with Gasteiger partial charge in [-0.25, -0.2) is 9.89 Å². The van der Waals surface area contributed by atoms with Crippen molar-refractivity contribution in [2.24, 2.45) is 0 Å². The molecule has 19 heavy (non-hydrogen) atoms. The Bertz CT molecular complexity index is 645. The number of benzene rings is 1. The van der Waals surface area contributed by atoms with Crippen LogP contribution in [0.25, 0.3) is 0 Å². The Kier molecular flexibility index (Phi) is 4.21. The van der Waals surface area contributed by atoms with Crippen LogP contribution in [0, 0.1) is 0 Å². The van der Waals surface area contributed by atoms with Crippen molar-refractivity contribution in [3.8, 4) is 0 Å². The molecule has 0 spiro atoms. The molecule has 1 N–H and O–H groups in total. The predicted molar refractivity (Wildman–Crippen MR) is 73.7 cm³/mol. The molecule has 1 heterocycles. The van der Waals surface area contributed by atoms with Crippen LogP contribution in [0.2, 0.25) is 0 Å². The lowest BCUT2D eigenvalue weighted by Crippen LogP contribution is -2.17. The third kappa shape index (κ3) is 2.96. The number of carbonyl (C=O) groups excluding carboxylic acids is 1.